The summed E-state index contributed by atoms with van der Waals surface area (Å²) >= 11 is 6.02. The SMILES string of the molecule is O=C(Nc1ncc[nH]1)c1cnc(Cl)c2ccccc12. The quantitative estimate of drug-likeness (QED) is 0.705. The summed E-state index contributed by atoms with van der Waals surface area (Å²) in [4.78, 5) is 23.0. The smallest absolute Gasteiger partial charge is 0.260 e. The Bertz CT molecular complexity index is 739. The Morgan fingerprint density at radius 3 is 2.74 bits per heavy atom. The van der Waals surface area contributed by atoms with Gasteiger partial charge in [-0.25, -0.2) is 9.97 Å². The number of anilines is 1. The van der Waals surface area contributed by atoms with E-state index in [0.29, 0.717) is 16.7 Å². The molecule has 2 heterocycles. The molecular weight excluding hydrogens is 264 g/mol. The van der Waals surface area contributed by atoms with Crippen molar-refractivity contribution in [2.45, 2.75) is 0 Å². The van der Waals surface area contributed by atoms with Crippen LogP contribution in [-0.2, 0) is 0 Å². The van der Waals surface area contributed by atoms with E-state index in [-0.39, 0.29) is 5.91 Å². The highest BCUT2D eigenvalue weighted by Gasteiger charge is 2.13. The highest BCUT2D eigenvalue weighted by Crippen LogP contribution is 2.24. The summed E-state index contributed by atoms with van der Waals surface area (Å²) < 4.78 is 0. The lowest BCUT2D eigenvalue weighted by Gasteiger charge is -2.06. The van der Waals surface area contributed by atoms with Gasteiger partial charge in [0.25, 0.3) is 5.91 Å². The molecule has 1 amide bonds. The first-order chi connectivity index (χ1) is 9.25. The molecule has 0 aliphatic heterocycles. The molecule has 94 valence electrons. The maximum absolute atomic E-state index is 12.2. The molecule has 5 nitrogen and oxygen atoms in total. The second-order valence-corrected chi connectivity index (χ2v) is 4.26. The molecule has 6 heteroatoms. The minimum absolute atomic E-state index is 0.282. The normalized spacial score (nSPS) is 10.6. The van der Waals surface area contributed by atoms with E-state index in [9.17, 15) is 4.79 Å². The topological polar surface area (TPSA) is 70.7 Å². The molecule has 0 bridgehead atoms. The maximum Gasteiger partial charge on any atom is 0.260 e. The number of imidazole rings is 1. The standard InChI is InChI=1S/C13H9ClN4O/c14-11-9-4-2-1-3-8(9)10(7-17-11)12(19)18-13-15-5-6-16-13/h1-7H,(H2,15,16,18,19). The average Bonchev–Trinajstić information content (AvgIpc) is 2.92. The third kappa shape index (κ3) is 2.15. The van der Waals surface area contributed by atoms with E-state index >= 15 is 0 Å². The first kappa shape index (κ1) is 11.7. The van der Waals surface area contributed by atoms with Gasteiger partial charge >= 0.3 is 0 Å². The largest absolute Gasteiger partial charge is 0.331 e. The molecule has 19 heavy (non-hydrogen) atoms. The van der Waals surface area contributed by atoms with Crippen molar-refractivity contribution in [2.24, 2.45) is 0 Å². The van der Waals surface area contributed by atoms with Crippen molar-refractivity contribution in [3.63, 3.8) is 0 Å². The number of rotatable bonds is 2. The molecule has 0 spiro atoms. The fraction of sp³-hybridized carbons (Fsp3) is 0. The van der Waals surface area contributed by atoms with Crippen molar-refractivity contribution in [3.8, 4) is 0 Å². The van der Waals surface area contributed by atoms with Gasteiger partial charge in [0.05, 0.1) is 5.56 Å². The van der Waals surface area contributed by atoms with Gasteiger partial charge in [-0.1, -0.05) is 35.9 Å². The third-order valence-electron chi connectivity index (χ3n) is 2.72. The molecule has 0 aliphatic carbocycles. The molecule has 0 unspecified atom stereocenters. The number of fused-ring (bicyclic) bond motifs is 1. The van der Waals surface area contributed by atoms with Crippen molar-refractivity contribution in [1.82, 2.24) is 15.0 Å². The zero-order valence-corrected chi connectivity index (χ0v) is 10.5. The zero-order chi connectivity index (χ0) is 13.2. The molecule has 3 aromatic rings. The number of nitrogens with one attached hydrogen (secondary N) is 2. The predicted octanol–water partition coefficient (Wildman–Crippen LogP) is 2.86. The molecule has 0 atom stereocenters. The molecule has 0 saturated carbocycles. The number of aromatic nitrogens is 3. The predicted molar refractivity (Wildman–Crippen MR) is 73.3 cm³/mol. The van der Waals surface area contributed by atoms with Crippen molar-refractivity contribution in [3.05, 3.63) is 53.6 Å². The van der Waals surface area contributed by atoms with E-state index in [0.717, 1.165) is 10.8 Å². The number of carbonyl (C=O) groups excluding carboxylic acids is 1. The van der Waals surface area contributed by atoms with Gasteiger partial charge in [0.15, 0.2) is 0 Å². The number of carbonyl (C=O) groups is 1. The monoisotopic (exact) mass is 272 g/mol. The summed E-state index contributed by atoms with van der Waals surface area (Å²) in [6, 6.07) is 7.36. The minimum atomic E-state index is -0.282. The highest BCUT2D eigenvalue weighted by atomic mass is 35.5. The van der Waals surface area contributed by atoms with Crippen LogP contribution in [0.15, 0.2) is 42.9 Å². The first-order valence-electron chi connectivity index (χ1n) is 5.59. The van der Waals surface area contributed by atoms with Crippen LogP contribution in [0.2, 0.25) is 5.15 Å². The molecule has 0 radical (unpaired) electrons. The summed E-state index contributed by atoms with van der Waals surface area (Å²) in [5, 5.41) is 4.54. The van der Waals surface area contributed by atoms with E-state index in [1.807, 2.05) is 24.3 Å². The molecule has 3 rings (SSSR count). The fourth-order valence-electron chi connectivity index (χ4n) is 1.85. The van der Waals surface area contributed by atoms with Crippen LogP contribution in [0.4, 0.5) is 5.95 Å². The van der Waals surface area contributed by atoms with Crippen LogP contribution in [0.3, 0.4) is 0 Å². The van der Waals surface area contributed by atoms with Gasteiger partial charge in [0.2, 0.25) is 5.95 Å². The van der Waals surface area contributed by atoms with Crippen molar-refractivity contribution < 1.29 is 4.79 Å². The van der Waals surface area contributed by atoms with E-state index < -0.39 is 0 Å². The van der Waals surface area contributed by atoms with Crippen molar-refractivity contribution >= 4 is 34.2 Å². The molecule has 1 aromatic carbocycles. The number of H-pyrrole nitrogens is 1. The molecular formula is C13H9ClN4O. The number of hydrogen-bond acceptors (Lipinski definition) is 3. The van der Waals surface area contributed by atoms with Crippen LogP contribution in [0.1, 0.15) is 10.4 Å². The van der Waals surface area contributed by atoms with E-state index in [1.54, 1.807) is 12.4 Å². The number of halogens is 1. The Kier molecular flexibility index (Phi) is 2.89. The van der Waals surface area contributed by atoms with Crippen LogP contribution >= 0.6 is 11.6 Å². The van der Waals surface area contributed by atoms with E-state index in [4.69, 9.17) is 11.6 Å². The zero-order valence-electron chi connectivity index (χ0n) is 9.72. The maximum atomic E-state index is 12.2. The van der Waals surface area contributed by atoms with Gasteiger partial charge in [-0.2, -0.15) is 0 Å². The van der Waals surface area contributed by atoms with Gasteiger partial charge in [-0.15, -0.1) is 0 Å². The average molecular weight is 273 g/mol. The second-order valence-electron chi connectivity index (χ2n) is 3.90. The van der Waals surface area contributed by atoms with Crippen LogP contribution in [-0.4, -0.2) is 20.9 Å². The van der Waals surface area contributed by atoms with Gasteiger partial charge in [0, 0.05) is 24.0 Å². The molecule has 0 fully saturated rings. The second kappa shape index (κ2) is 4.70. The van der Waals surface area contributed by atoms with Crippen LogP contribution in [0.25, 0.3) is 10.8 Å². The van der Waals surface area contributed by atoms with Crippen LogP contribution in [0, 0.1) is 0 Å². The van der Waals surface area contributed by atoms with E-state index in [1.165, 1.54) is 6.20 Å². The van der Waals surface area contributed by atoms with Crippen molar-refractivity contribution in [1.29, 1.82) is 0 Å². The van der Waals surface area contributed by atoms with Gasteiger partial charge < -0.3 is 4.98 Å². The van der Waals surface area contributed by atoms with Crippen molar-refractivity contribution in [2.75, 3.05) is 5.32 Å². The number of benzene rings is 1. The fourth-order valence-corrected chi connectivity index (χ4v) is 2.06. The molecule has 2 N–H and O–H groups in total. The van der Waals surface area contributed by atoms with Gasteiger partial charge in [-0.3, -0.25) is 10.1 Å². The van der Waals surface area contributed by atoms with Crippen LogP contribution < -0.4 is 5.32 Å². The number of nitrogens with zero attached hydrogens (tertiary/aromatic N) is 2. The number of hydrogen-bond donors (Lipinski definition) is 2. The summed E-state index contributed by atoms with van der Waals surface area (Å²) in [6.07, 6.45) is 4.66. The first-order valence-corrected chi connectivity index (χ1v) is 5.97. The Hall–Kier alpha value is -2.40. The summed E-state index contributed by atoms with van der Waals surface area (Å²) in [6.45, 7) is 0. The number of aromatic amines is 1. The highest BCUT2D eigenvalue weighted by molar-refractivity contribution is 6.35. The third-order valence-corrected chi connectivity index (χ3v) is 3.02. The lowest BCUT2D eigenvalue weighted by Crippen LogP contribution is -2.13. The van der Waals surface area contributed by atoms with E-state index in [2.05, 4.69) is 20.3 Å². The lowest BCUT2D eigenvalue weighted by atomic mass is 10.1. The summed E-state index contributed by atoms with van der Waals surface area (Å²) in [5.41, 5.74) is 0.455. The Morgan fingerprint density at radius 2 is 2.00 bits per heavy atom. The van der Waals surface area contributed by atoms with Gasteiger partial charge in [0.1, 0.15) is 5.15 Å². The number of pyridine rings is 1. The Balaban J connectivity index is 2.05. The molecule has 0 aliphatic rings. The van der Waals surface area contributed by atoms with Crippen LogP contribution in [0.5, 0.6) is 0 Å². The number of amides is 1. The molecule has 2 aromatic heterocycles. The Morgan fingerprint density at radius 1 is 1.21 bits per heavy atom. The minimum Gasteiger partial charge on any atom is -0.331 e. The summed E-state index contributed by atoms with van der Waals surface area (Å²) in [7, 11) is 0. The van der Waals surface area contributed by atoms with Gasteiger partial charge in [-0.05, 0) is 5.39 Å². The lowest BCUT2D eigenvalue weighted by molar-refractivity contribution is 0.102. The summed E-state index contributed by atoms with van der Waals surface area (Å²) in [5.74, 6) is 0.111. The Labute approximate surface area is 113 Å². The molecule has 0 saturated heterocycles.